The average molecular weight is 250 g/mol. The maximum absolute atomic E-state index is 10.9. The van der Waals surface area contributed by atoms with Gasteiger partial charge in [-0.2, -0.15) is 8.42 Å². The van der Waals surface area contributed by atoms with Gasteiger partial charge in [-0.05, 0) is 19.8 Å². The van der Waals surface area contributed by atoms with Crippen LogP contribution in [0.3, 0.4) is 0 Å². The van der Waals surface area contributed by atoms with Crippen molar-refractivity contribution in [1.29, 1.82) is 0 Å². The van der Waals surface area contributed by atoms with Gasteiger partial charge in [0.1, 0.15) is 0 Å². The van der Waals surface area contributed by atoms with Crippen LogP contribution in [0.15, 0.2) is 0 Å². The molecule has 1 aliphatic heterocycles. The zero-order valence-electron chi connectivity index (χ0n) is 10.4. The van der Waals surface area contributed by atoms with Crippen molar-refractivity contribution >= 4 is 10.4 Å². The van der Waals surface area contributed by atoms with E-state index in [1.807, 2.05) is 6.92 Å². The van der Waals surface area contributed by atoms with Crippen LogP contribution in [0.25, 0.3) is 0 Å². The van der Waals surface area contributed by atoms with Crippen LogP contribution in [0.4, 0.5) is 0 Å². The lowest BCUT2D eigenvalue weighted by molar-refractivity contribution is -0.211. The molecule has 96 valence electrons. The van der Waals surface area contributed by atoms with Crippen molar-refractivity contribution in [2.24, 2.45) is 5.92 Å². The van der Waals surface area contributed by atoms with Gasteiger partial charge in [0.25, 0.3) is 0 Å². The van der Waals surface area contributed by atoms with Gasteiger partial charge in [-0.25, -0.2) is 8.37 Å². The quantitative estimate of drug-likeness (QED) is 0.652. The fourth-order valence-electron chi connectivity index (χ4n) is 2.20. The molecule has 1 fully saturated rings. The summed E-state index contributed by atoms with van der Waals surface area (Å²) >= 11 is 0. The van der Waals surface area contributed by atoms with Crippen LogP contribution >= 0.6 is 0 Å². The van der Waals surface area contributed by atoms with E-state index in [0.29, 0.717) is 0 Å². The van der Waals surface area contributed by atoms with E-state index < -0.39 is 16.2 Å². The van der Waals surface area contributed by atoms with Crippen molar-refractivity contribution in [3.8, 4) is 0 Å². The second-order valence-electron chi connectivity index (χ2n) is 4.55. The molecule has 0 bridgehead atoms. The van der Waals surface area contributed by atoms with Gasteiger partial charge in [0.2, 0.25) is 5.79 Å². The normalized spacial score (nSPS) is 23.7. The van der Waals surface area contributed by atoms with E-state index in [-0.39, 0.29) is 5.92 Å². The summed E-state index contributed by atoms with van der Waals surface area (Å²) in [6, 6.07) is 0. The van der Waals surface area contributed by atoms with Crippen LogP contribution in [-0.4, -0.2) is 14.2 Å². The lowest BCUT2D eigenvalue weighted by Gasteiger charge is -2.41. The van der Waals surface area contributed by atoms with E-state index >= 15 is 0 Å². The molecule has 1 heterocycles. The van der Waals surface area contributed by atoms with Gasteiger partial charge in [0, 0.05) is 5.92 Å². The maximum Gasteiger partial charge on any atom is 0.405 e. The third-order valence-corrected chi connectivity index (χ3v) is 4.25. The molecule has 4 nitrogen and oxygen atoms in total. The second-order valence-corrected chi connectivity index (χ2v) is 5.70. The Balaban J connectivity index is 2.37. The largest absolute Gasteiger partial charge is 0.405 e. The fraction of sp³-hybridized carbons (Fsp3) is 1.00. The molecule has 0 radical (unpaired) electrons. The Hall–Kier alpha value is -0.130. The number of hydrogen-bond donors (Lipinski definition) is 0. The zero-order valence-corrected chi connectivity index (χ0v) is 11.2. The van der Waals surface area contributed by atoms with Gasteiger partial charge in [0.05, 0.1) is 0 Å². The van der Waals surface area contributed by atoms with Crippen LogP contribution in [-0.2, 0) is 18.8 Å². The molecule has 1 saturated heterocycles. The van der Waals surface area contributed by atoms with Gasteiger partial charge in [0.15, 0.2) is 0 Å². The van der Waals surface area contributed by atoms with Crippen LogP contribution < -0.4 is 0 Å². The number of unbranched alkanes of at least 4 members (excludes halogenated alkanes) is 3. The maximum atomic E-state index is 10.9. The van der Waals surface area contributed by atoms with Crippen molar-refractivity contribution < 1.29 is 16.8 Å². The van der Waals surface area contributed by atoms with E-state index in [4.69, 9.17) is 8.37 Å². The van der Waals surface area contributed by atoms with E-state index in [1.54, 1.807) is 6.92 Å². The van der Waals surface area contributed by atoms with Crippen LogP contribution in [0, 0.1) is 5.92 Å². The molecule has 0 amide bonds. The lowest BCUT2D eigenvalue weighted by Crippen LogP contribution is -2.53. The van der Waals surface area contributed by atoms with Crippen molar-refractivity contribution in [3.05, 3.63) is 0 Å². The van der Waals surface area contributed by atoms with Crippen molar-refractivity contribution in [2.45, 2.75) is 65.1 Å². The molecule has 0 aliphatic carbocycles. The van der Waals surface area contributed by atoms with E-state index in [1.165, 1.54) is 19.3 Å². The molecule has 1 atom stereocenters. The average Bonchev–Trinajstić information content (AvgIpc) is 2.14. The van der Waals surface area contributed by atoms with E-state index in [0.717, 1.165) is 19.3 Å². The topological polar surface area (TPSA) is 52.6 Å². The Kier molecular flexibility index (Phi) is 4.76. The van der Waals surface area contributed by atoms with Crippen LogP contribution in [0.5, 0.6) is 0 Å². The minimum atomic E-state index is -3.68. The third kappa shape index (κ3) is 3.43. The summed E-state index contributed by atoms with van der Waals surface area (Å²) in [5, 5.41) is 0. The molecule has 0 N–H and O–H groups in total. The molecule has 0 aromatic rings. The summed E-state index contributed by atoms with van der Waals surface area (Å²) in [7, 11) is -3.68. The summed E-state index contributed by atoms with van der Waals surface area (Å²) in [4.78, 5) is 0. The first kappa shape index (κ1) is 13.9. The van der Waals surface area contributed by atoms with Gasteiger partial charge in [-0.3, -0.25) is 0 Å². The first-order valence-corrected chi connectivity index (χ1v) is 7.43. The molecule has 0 saturated carbocycles. The van der Waals surface area contributed by atoms with Crippen molar-refractivity contribution in [3.63, 3.8) is 0 Å². The molecular formula is C11H22O4S. The predicted octanol–water partition coefficient (Wildman–Crippen LogP) is 2.99. The lowest BCUT2D eigenvalue weighted by atomic mass is 9.91. The summed E-state index contributed by atoms with van der Waals surface area (Å²) in [6.45, 7) is 5.92. The first-order chi connectivity index (χ1) is 7.43. The Morgan fingerprint density at radius 2 is 1.75 bits per heavy atom. The van der Waals surface area contributed by atoms with Gasteiger partial charge in [-0.1, -0.05) is 39.5 Å². The minimum absolute atomic E-state index is 0.160. The van der Waals surface area contributed by atoms with Gasteiger partial charge >= 0.3 is 10.4 Å². The Morgan fingerprint density at radius 3 is 2.19 bits per heavy atom. The molecule has 1 rings (SSSR count). The highest BCUT2D eigenvalue weighted by atomic mass is 32.3. The van der Waals surface area contributed by atoms with E-state index in [2.05, 4.69) is 6.92 Å². The smallest absolute Gasteiger partial charge is 0.212 e. The van der Waals surface area contributed by atoms with Gasteiger partial charge in [-0.15, -0.1) is 0 Å². The highest BCUT2D eigenvalue weighted by Crippen LogP contribution is 2.40. The number of hydrogen-bond acceptors (Lipinski definition) is 4. The molecule has 1 aliphatic rings. The third-order valence-electron chi connectivity index (χ3n) is 3.18. The standard InChI is InChI=1S/C11H22O4S/c1-4-6-7-8-9-10(5-2)11(3)14-16(12,13)15-11/h10H,4-9H2,1-3H3. The molecule has 5 heteroatoms. The molecule has 16 heavy (non-hydrogen) atoms. The zero-order chi connectivity index (χ0) is 12.2. The van der Waals surface area contributed by atoms with Crippen molar-refractivity contribution in [2.75, 3.05) is 0 Å². The highest BCUT2D eigenvalue weighted by Gasteiger charge is 2.52. The first-order valence-electron chi connectivity index (χ1n) is 6.09. The Labute approximate surface area is 98.7 Å². The molecule has 0 spiro atoms. The summed E-state index contributed by atoms with van der Waals surface area (Å²) in [6.07, 6.45) is 6.56. The van der Waals surface area contributed by atoms with Gasteiger partial charge < -0.3 is 0 Å². The monoisotopic (exact) mass is 250 g/mol. The van der Waals surface area contributed by atoms with Crippen molar-refractivity contribution in [1.82, 2.24) is 0 Å². The summed E-state index contributed by atoms with van der Waals surface area (Å²) in [5.41, 5.74) is 0. The SMILES string of the molecule is CCCCCCC(CC)C1(C)OS(=O)(=O)O1. The Bertz CT molecular complexity index is 298. The van der Waals surface area contributed by atoms with Crippen LogP contribution in [0.2, 0.25) is 0 Å². The van der Waals surface area contributed by atoms with E-state index in [9.17, 15) is 8.42 Å². The van der Waals surface area contributed by atoms with Crippen LogP contribution in [0.1, 0.15) is 59.3 Å². The summed E-state index contributed by atoms with van der Waals surface area (Å²) < 4.78 is 31.5. The predicted molar refractivity (Wildman–Crippen MR) is 62.0 cm³/mol. The minimum Gasteiger partial charge on any atom is -0.212 e. The fourth-order valence-corrected chi connectivity index (χ4v) is 3.30. The summed E-state index contributed by atoms with van der Waals surface area (Å²) in [5.74, 6) is -0.757. The highest BCUT2D eigenvalue weighted by molar-refractivity contribution is 7.82. The molecule has 1 unspecified atom stereocenters. The Morgan fingerprint density at radius 1 is 1.12 bits per heavy atom. The molecular weight excluding hydrogens is 228 g/mol. The second kappa shape index (κ2) is 5.47. The number of rotatable bonds is 7. The molecule has 0 aromatic carbocycles. The molecule has 0 aromatic heterocycles.